The lowest BCUT2D eigenvalue weighted by atomic mass is 9.90. The maximum atomic E-state index is 11.3. The fourth-order valence-corrected chi connectivity index (χ4v) is 2.83. The van der Waals surface area contributed by atoms with Crippen LogP contribution in [-0.4, -0.2) is 25.7 Å². The summed E-state index contributed by atoms with van der Waals surface area (Å²) in [6.07, 6.45) is 0. The molecule has 0 unspecified atom stereocenters. The van der Waals surface area contributed by atoms with Crippen LogP contribution in [0.5, 0.6) is 0 Å². The van der Waals surface area contributed by atoms with E-state index >= 15 is 0 Å². The number of rotatable bonds is 2. The number of amides is 1. The molecular weight excluding hydrogens is 314 g/mol. The van der Waals surface area contributed by atoms with Crippen molar-refractivity contribution in [2.45, 2.75) is 47.0 Å². The largest absolute Gasteiger partial charge is 0.326 e. The Bertz CT molecular complexity index is 1010. The predicted octanol–water partition coefficient (Wildman–Crippen LogP) is 2.96. The third-order valence-corrected chi connectivity index (χ3v) is 3.90. The molecule has 0 atom stereocenters. The Labute approximate surface area is 146 Å². The van der Waals surface area contributed by atoms with E-state index in [1.165, 1.54) is 12.5 Å². The number of benzene rings is 1. The minimum Gasteiger partial charge on any atom is -0.326 e. The second kappa shape index (κ2) is 5.95. The standard InChI is InChI=1S/C19H23N5O/c1-11(2)15-16(19(4,5)6)22-24-18(15)21-17(23-24)13-8-7-9-14(10-13)20-12(3)25/h7-10H,1-6H3,(H,20,25). The highest BCUT2D eigenvalue weighted by Gasteiger charge is 2.23. The van der Waals surface area contributed by atoms with Gasteiger partial charge in [-0.1, -0.05) is 38.5 Å². The van der Waals surface area contributed by atoms with Gasteiger partial charge >= 0.3 is 0 Å². The maximum absolute atomic E-state index is 11.3. The number of aromatic nitrogens is 4. The first kappa shape index (κ1) is 17.1. The number of nitrogens with one attached hydrogen (secondary N) is 1. The van der Waals surface area contributed by atoms with Gasteiger partial charge in [0.15, 0.2) is 11.5 Å². The number of hydrogen-bond acceptors (Lipinski definition) is 4. The van der Waals surface area contributed by atoms with Crippen molar-refractivity contribution in [2.75, 3.05) is 5.32 Å². The van der Waals surface area contributed by atoms with Gasteiger partial charge in [0.2, 0.25) is 5.91 Å². The molecule has 130 valence electrons. The summed E-state index contributed by atoms with van der Waals surface area (Å²) in [6, 6.07) is 7.50. The first-order valence-electron chi connectivity index (χ1n) is 8.29. The lowest BCUT2D eigenvalue weighted by Crippen LogP contribution is -2.23. The smallest absolute Gasteiger partial charge is 0.221 e. The lowest BCUT2D eigenvalue weighted by Gasteiger charge is -2.15. The van der Waals surface area contributed by atoms with E-state index in [2.05, 4.69) is 50.1 Å². The first-order valence-corrected chi connectivity index (χ1v) is 8.29. The molecule has 2 heterocycles. The second-order valence-electron chi connectivity index (χ2n) is 7.48. The molecule has 0 spiro atoms. The molecule has 0 saturated heterocycles. The molecule has 0 radical (unpaired) electrons. The second-order valence-corrected chi connectivity index (χ2v) is 7.48. The van der Waals surface area contributed by atoms with Gasteiger partial charge in [-0.25, -0.2) is 4.98 Å². The number of carbonyl (C=O) groups is 1. The van der Waals surface area contributed by atoms with Gasteiger partial charge in [-0.05, 0) is 26.0 Å². The van der Waals surface area contributed by atoms with Crippen LogP contribution < -0.4 is 10.5 Å². The molecule has 25 heavy (non-hydrogen) atoms. The number of anilines is 1. The number of hydrogen-bond donors (Lipinski definition) is 1. The summed E-state index contributed by atoms with van der Waals surface area (Å²) >= 11 is 0. The highest BCUT2D eigenvalue weighted by molar-refractivity contribution is 5.89. The van der Waals surface area contributed by atoms with Gasteiger partial charge in [0.1, 0.15) is 0 Å². The van der Waals surface area contributed by atoms with Gasteiger partial charge in [-0.15, -0.1) is 9.73 Å². The summed E-state index contributed by atoms with van der Waals surface area (Å²) < 4.78 is 1.61. The summed E-state index contributed by atoms with van der Waals surface area (Å²) in [5.41, 5.74) is 4.42. The zero-order chi connectivity index (χ0) is 18.4. The van der Waals surface area contributed by atoms with Gasteiger partial charge in [0.25, 0.3) is 0 Å². The maximum Gasteiger partial charge on any atom is 0.221 e. The Hall–Kier alpha value is -2.76. The Morgan fingerprint density at radius 2 is 1.84 bits per heavy atom. The van der Waals surface area contributed by atoms with E-state index in [9.17, 15) is 4.79 Å². The Kier molecular flexibility index (Phi) is 4.06. The Morgan fingerprint density at radius 3 is 2.44 bits per heavy atom. The van der Waals surface area contributed by atoms with Gasteiger partial charge < -0.3 is 5.32 Å². The minimum absolute atomic E-state index is 0.0829. The predicted molar refractivity (Wildman–Crippen MR) is 99.2 cm³/mol. The Balaban J connectivity index is 2.15. The van der Waals surface area contributed by atoms with Crippen molar-refractivity contribution < 1.29 is 4.79 Å². The number of nitrogens with zero attached hydrogens (tertiary/aromatic N) is 4. The molecule has 1 aromatic carbocycles. The van der Waals surface area contributed by atoms with E-state index < -0.39 is 0 Å². The van der Waals surface area contributed by atoms with Crippen molar-refractivity contribution in [3.8, 4) is 11.4 Å². The van der Waals surface area contributed by atoms with Crippen LogP contribution in [0.4, 0.5) is 5.69 Å². The van der Waals surface area contributed by atoms with Crippen LogP contribution in [0.3, 0.4) is 0 Å². The van der Waals surface area contributed by atoms with E-state index in [1.807, 2.05) is 24.3 Å². The first-order chi connectivity index (χ1) is 11.7. The van der Waals surface area contributed by atoms with Crippen LogP contribution >= 0.6 is 0 Å². The van der Waals surface area contributed by atoms with Crippen LogP contribution in [0.25, 0.3) is 22.6 Å². The molecule has 6 nitrogen and oxygen atoms in total. The Morgan fingerprint density at radius 1 is 1.12 bits per heavy atom. The summed E-state index contributed by atoms with van der Waals surface area (Å²) in [4.78, 5) is 16.0. The third-order valence-electron chi connectivity index (χ3n) is 3.90. The molecule has 3 rings (SSSR count). The zero-order valence-corrected chi connectivity index (χ0v) is 15.5. The molecule has 0 aliphatic carbocycles. The van der Waals surface area contributed by atoms with Crippen LogP contribution in [0.1, 0.15) is 47.2 Å². The molecule has 6 heteroatoms. The zero-order valence-electron chi connectivity index (χ0n) is 15.5. The highest BCUT2D eigenvalue weighted by atomic mass is 16.1. The summed E-state index contributed by atoms with van der Waals surface area (Å²) in [5.74, 6) is 0.487. The van der Waals surface area contributed by atoms with Crippen molar-refractivity contribution in [3.05, 3.63) is 35.2 Å². The molecule has 3 aromatic rings. The molecule has 0 aliphatic rings. The summed E-state index contributed by atoms with van der Waals surface area (Å²) in [6.45, 7) is 12.0. The van der Waals surface area contributed by atoms with Gasteiger partial charge in [0.05, 0.1) is 5.69 Å². The molecule has 0 fully saturated rings. The number of fused-ring (bicyclic) bond motifs is 1. The van der Waals surface area contributed by atoms with Gasteiger partial charge in [-0.3, -0.25) is 4.79 Å². The van der Waals surface area contributed by atoms with Crippen LogP contribution in [-0.2, 0) is 10.2 Å². The van der Waals surface area contributed by atoms with Crippen molar-refractivity contribution in [3.63, 3.8) is 0 Å². The highest BCUT2D eigenvalue weighted by Crippen LogP contribution is 2.22. The van der Waals surface area contributed by atoms with E-state index in [0.29, 0.717) is 5.82 Å². The third kappa shape index (κ3) is 3.24. The minimum atomic E-state index is -0.108. The van der Waals surface area contributed by atoms with Crippen LogP contribution in [0, 0.1) is 0 Å². The van der Waals surface area contributed by atoms with E-state index in [-0.39, 0.29) is 11.3 Å². The van der Waals surface area contributed by atoms with E-state index in [1.54, 1.807) is 4.63 Å². The average Bonchev–Trinajstić information content (AvgIpc) is 3.02. The van der Waals surface area contributed by atoms with Crippen molar-refractivity contribution in [2.24, 2.45) is 0 Å². The normalized spacial score (nSPS) is 11.8. The van der Waals surface area contributed by atoms with E-state index in [0.717, 1.165) is 27.8 Å². The average molecular weight is 337 g/mol. The van der Waals surface area contributed by atoms with Gasteiger partial charge in [0, 0.05) is 28.8 Å². The molecular formula is C19H23N5O. The molecule has 1 amide bonds. The fraction of sp³-hybridized carbons (Fsp3) is 0.368. The van der Waals surface area contributed by atoms with Crippen LogP contribution in [0.2, 0.25) is 0 Å². The van der Waals surface area contributed by atoms with E-state index in [4.69, 9.17) is 4.98 Å². The quantitative estimate of drug-likeness (QED) is 0.780. The molecule has 1 N–H and O–H groups in total. The monoisotopic (exact) mass is 337 g/mol. The molecule has 2 aromatic heterocycles. The topological polar surface area (TPSA) is 72.2 Å². The summed E-state index contributed by atoms with van der Waals surface area (Å²) in [7, 11) is 0. The van der Waals surface area contributed by atoms with Crippen molar-refractivity contribution >= 4 is 22.8 Å². The van der Waals surface area contributed by atoms with Gasteiger partial charge in [-0.2, -0.15) is 5.10 Å². The van der Waals surface area contributed by atoms with Crippen LogP contribution in [0.15, 0.2) is 24.3 Å². The van der Waals surface area contributed by atoms with Crippen molar-refractivity contribution in [1.29, 1.82) is 0 Å². The molecule has 0 aliphatic heterocycles. The fourth-order valence-electron chi connectivity index (χ4n) is 2.83. The number of carbonyl (C=O) groups excluding carboxylic acids is 1. The lowest BCUT2D eigenvalue weighted by molar-refractivity contribution is -0.114. The summed E-state index contributed by atoms with van der Waals surface area (Å²) in [5, 5.41) is 13.1. The molecule has 0 bridgehead atoms. The SMILES string of the molecule is CC(=O)Nc1cccc(-c2nc3c(=C(C)C)c(C(C)(C)C)nn3n2)c1. The molecule has 0 saturated carbocycles. The van der Waals surface area contributed by atoms with Crippen molar-refractivity contribution in [1.82, 2.24) is 19.8 Å².